The van der Waals surface area contributed by atoms with Gasteiger partial charge in [-0.2, -0.15) is 0 Å². The van der Waals surface area contributed by atoms with E-state index in [2.05, 4.69) is 11.9 Å². The minimum Gasteiger partial charge on any atom is -0.469 e. The SMILES string of the molecule is CCCCc1ncc(C(OC(C)=O)C(Cc2cccs2)C(=O)OC)n1Cc1ccccc1Cl. The predicted molar refractivity (Wildman–Crippen MR) is 129 cm³/mol. The highest BCUT2D eigenvalue weighted by Gasteiger charge is 2.36. The lowest BCUT2D eigenvalue weighted by molar-refractivity contribution is -0.160. The molecule has 0 saturated heterocycles. The van der Waals surface area contributed by atoms with Crippen LogP contribution in [0.5, 0.6) is 0 Å². The number of hydrogen-bond acceptors (Lipinski definition) is 6. The average molecular weight is 489 g/mol. The van der Waals surface area contributed by atoms with Gasteiger partial charge < -0.3 is 14.0 Å². The van der Waals surface area contributed by atoms with Gasteiger partial charge >= 0.3 is 11.9 Å². The van der Waals surface area contributed by atoms with Crippen molar-refractivity contribution in [1.82, 2.24) is 9.55 Å². The summed E-state index contributed by atoms with van der Waals surface area (Å²) in [5.41, 5.74) is 1.58. The number of esters is 2. The van der Waals surface area contributed by atoms with Crippen LogP contribution in [0.3, 0.4) is 0 Å². The number of benzene rings is 1. The van der Waals surface area contributed by atoms with Gasteiger partial charge in [-0.1, -0.05) is 49.2 Å². The molecule has 0 aliphatic carbocycles. The summed E-state index contributed by atoms with van der Waals surface area (Å²) >= 11 is 8.00. The lowest BCUT2D eigenvalue weighted by atomic mass is 9.95. The Morgan fingerprint density at radius 1 is 1.21 bits per heavy atom. The van der Waals surface area contributed by atoms with Gasteiger partial charge in [-0.05, 0) is 35.9 Å². The van der Waals surface area contributed by atoms with Crippen LogP contribution < -0.4 is 0 Å². The number of aromatic nitrogens is 2. The van der Waals surface area contributed by atoms with E-state index in [0.29, 0.717) is 23.7 Å². The Labute approximate surface area is 203 Å². The van der Waals surface area contributed by atoms with E-state index < -0.39 is 24.0 Å². The van der Waals surface area contributed by atoms with E-state index in [4.69, 9.17) is 21.1 Å². The van der Waals surface area contributed by atoms with Crippen molar-refractivity contribution < 1.29 is 19.1 Å². The van der Waals surface area contributed by atoms with Gasteiger partial charge in [-0.25, -0.2) is 4.98 Å². The molecule has 3 aromatic rings. The number of ether oxygens (including phenoxy) is 2. The number of hydrogen-bond donors (Lipinski definition) is 0. The maximum Gasteiger partial charge on any atom is 0.313 e. The third-order valence-electron chi connectivity index (χ3n) is 5.46. The highest BCUT2D eigenvalue weighted by Crippen LogP contribution is 2.33. The van der Waals surface area contributed by atoms with Crippen LogP contribution in [0.2, 0.25) is 5.02 Å². The van der Waals surface area contributed by atoms with Crippen LogP contribution >= 0.6 is 22.9 Å². The zero-order valence-corrected chi connectivity index (χ0v) is 20.7. The molecule has 6 nitrogen and oxygen atoms in total. The van der Waals surface area contributed by atoms with Crippen LogP contribution in [0.15, 0.2) is 48.0 Å². The molecule has 2 unspecified atom stereocenters. The second-order valence-electron chi connectivity index (χ2n) is 7.82. The first kappa shape index (κ1) is 25.0. The zero-order chi connectivity index (χ0) is 23.8. The Hall–Kier alpha value is -2.64. The number of nitrogens with zero attached hydrogens (tertiary/aromatic N) is 2. The molecule has 0 saturated carbocycles. The molecule has 0 aliphatic rings. The Morgan fingerprint density at radius 3 is 2.64 bits per heavy atom. The Bertz CT molecular complexity index is 1060. The Morgan fingerprint density at radius 2 is 2.00 bits per heavy atom. The Balaban J connectivity index is 2.08. The number of imidazole rings is 1. The fraction of sp³-hybridized carbons (Fsp3) is 0.400. The average Bonchev–Trinajstić information content (AvgIpc) is 3.45. The smallest absolute Gasteiger partial charge is 0.313 e. The van der Waals surface area contributed by atoms with Crippen molar-refractivity contribution in [3.05, 3.63) is 75.0 Å². The number of halogens is 1. The lowest BCUT2D eigenvalue weighted by Crippen LogP contribution is -2.30. The van der Waals surface area contributed by atoms with Crippen molar-refractivity contribution in [2.45, 2.75) is 52.2 Å². The number of carbonyl (C=O) groups excluding carboxylic acids is 2. The Kier molecular flexibility index (Phi) is 9.09. The van der Waals surface area contributed by atoms with Crippen LogP contribution in [0.25, 0.3) is 0 Å². The van der Waals surface area contributed by atoms with Crippen LogP contribution in [-0.4, -0.2) is 28.6 Å². The van der Waals surface area contributed by atoms with Crippen LogP contribution in [0.4, 0.5) is 0 Å². The molecule has 0 spiro atoms. The largest absolute Gasteiger partial charge is 0.469 e. The minimum atomic E-state index is -0.845. The van der Waals surface area contributed by atoms with Gasteiger partial charge in [0.05, 0.1) is 25.5 Å². The monoisotopic (exact) mass is 488 g/mol. The molecule has 176 valence electrons. The summed E-state index contributed by atoms with van der Waals surface area (Å²) in [6.07, 6.45) is 4.01. The molecule has 0 amide bonds. The summed E-state index contributed by atoms with van der Waals surface area (Å²) in [5.74, 6) is -0.752. The quantitative estimate of drug-likeness (QED) is 0.327. The molecule has 0 aliphatic heterocycles. The fourth-order valence-electron chi connectivity index (χ4n) is 3.81. The van der Waals surface area contributed by atoms with Crippen molar-refractivity contribution in [2.24, 2.45) is 5.92 Å². The second kappa shape index (κ2) is 12.0. The summed E-state index contributed by atoms with van der Waals surface area (Å²) in [4.78, 5) is 30.7. The standard InChI is InChI=1S/C25H29ClN2O4S/c1-4-5-12-23-27-15-22(28(23)16-18-9-6-7-11-21(18)26)24(32-17(2)29)20(25(30)31-3)14-19-10-8-13-33-19/h6-11,13,15,20,24H,4-5,12,14,16H2,1-3H3. The lowest BCUT2D eigenvalue weighted by Gasteiger charge is -2.26. The molecule has 1 aromatic carbocycles. The van der Waals surface area contributed by atoms with Gasteiger partial charge in [0.1, 0.15) is 11.7 Å². The molecular formula is C25H29ClN2O4S. The van der Waals surface area contributed by atoms with Crippen LogP contribution in [-0.2, 0) is 38.4 Å². The van der Waals surface area contributed by atoms with E-state index >= 15 is 0 Å². The van der Waals surface area contributed by atoms with Crippen molar-refractivity contribution in [3.8, 4) is 0 Å². The summed E-state index contributed by atoms with van der Waals surface area (Å²) in [6, 6.07) is 11.5. The van der Waals surface area contributed by atoms with Crippen molar-refractivity contribution in [3.63, 3.8) is 0 Å². The van der Waals surface area contributed by atoms with Gasteiger partial charge in [-0.15, -0.1) is 11.3 Å². The maximum absolute atomic E-state index is 12.9. The zero-order valence-electron chi connectivity index (χ0n) is 19.1. The highest BCUT2D eigenvalue weighted by atomic mass is 35.5. The van der Waals surface area contributed by atoms with Crippen LogP contribution in [0.1, 0.15) is 54.8 Å². The first-order valence-corrected chi connectivity index (χ1v) is 12.3. The minimum absolute atomic E-state index is 0.393. The summed E-state index contributed by atoms with van der Waals surface area (Å²) in [5, 5.41) is 2.60. The van der Waals surface area contributed by atoms with E-state index in [0.717, 1.165) is 35.5 Å². The first-order chi connectivity index (χ1) is 15.9. The van der Waals surface area contributed by atoms with Gasteiger partial charge in [0.25, 0.3) is 0 Å². The number of methoxy groups -OCH3 is 1. The van der Waals surface area contributed by atoms with E-state index in [1.807, 2.05) is 46.3 Å². The molecule has 3 rings (SSSR count). The molecule has 8 heteroatoms. The summed E-state index contributed by atoms with van der Waals surface area (Å²) in [7, 11) is 1.35. The third kappa shape index (κ3) is 6.45. The number of aryl methyl sites for hydroxylation is 1. The molecule has 0 N–H and O–H groups in total. The van der Waals surface area contributed by atoms with E-state index in [9.17, 15) is 9.59 Å². The molecule has 2 atom stereocenters. The van der Waals surface area contributed by atoms with Crippen molar-refractivity contribution >= 4 is 34.9 Å². The molecule has 33 heavy (non-hydrogen) atoms. The van der Waals surface area contributed by atoms with Gasteiger partial charge in [-0.3, -0.25) is 9.59 Å². The van der Waals surface area contributed by atoms with Crippen molar-refractivity contribution in [1.29, 1.82) is 0 Å². The van der Waals surface area contributed by atoms with E-state index in [1.54, 1.807) is 17.5 Å². The number of rotatable bonds is 11. The number of carbonyl (C=O) groups is 2. The van der Waals surface area contributed by atoms with Crippen LogP contribution in [0, 0.1) is 5.92 Å². The highest BCUT2D eigenvalue weighted by molar-refractivity contribution is 7.09. The number of thiophene rings is 1. The predicted octanol–water partition coefficient (Wildman–Crippen LogP) is 5.63. The van der Waals surface area contributed by atoms with E-state index in [1.165, 1.54) is 14.0 Å². The van der Waals surface area contributed by atoms with E-state index in [-0.39, 0.29) is 0 Å². The molecule has 0 radical (unpaired) electrons. The number of unbranched alkanes of at least 4 members (excludes halogenated alkanes) is 1. The topological polar surface area (TPSA) is 70.4 Å². The van der Waals surface area contributed by atoms with Gasteiger partial charge in [0, 0.05) is 23.2 Å². The molecule has 0 fully saturated rings. The summed E-state index contributed by atoms with van der Waals surface area (Å²) < 4.78 is 12.9. The molecule has 0 bridgehead atoms. The maximum atomic E-state index is 12.9. The fourth-order valence-corrected chi connectivity index (χ4v) is 4.77. The molecular weight excluding hydrogens is 460 g/mol. The normalized spacial score (nSPS) is 12.8. The van der Waals surface area contributed by atoms with Gasteiger partial charge in [0.15, 0.2) is 6.10 Å². The third-order valence-corrected chi connectivity index (χ3v) is 6.73. The second-order valence-corrected chi connectivity index (χ2v) is 9.26. The first-order valence-electron chi connectivity index (χ1n) is 11.0. The van der Waals surface area contributed by atoms with Gasteiger partial charge in [0.2, 0.25) is 0 Å². The molecule has 2 aromatic heterocycles. The van der Waals surface area contributed by atoms with Crippen molar-refractivity contribution in [2.75, 3.05) is 7.11 Å². The summed E-state index contributed by atoms with van der Waals surface area (Å²) in [6.45, 7) is 3.93. The molecule has 2 heterocycles.